The molecule has 0 fully saturated rings. The minimum Gasteiger partial charge on any atom is -0.340 e. The van der Waals surface area contributed by atoms with Crippen LogP contribution in [-0.2, 0) is 14.1 Å². The highest BCUT2D eigenvalue weighted by Gasteiger charge is 2.08. The number of benzene rings is 1. The summed E-state index contributed by atoms with van der Waals surface area (Å²) >= 11 is 0. The van der Waals surface area contributed by atoms with Crippen molar-refractivity contribution in [3.05, 3.63) is 46.8 Å². The molecule has 6 nitrogen and oxygen atoms in total. The zero-order chi connectivity index (χ0) is 14.3. The van der Waals surface area contributed by atoms with Gasteiger partial charge in [0.25, 0.3) is 0 Å². The Morgan fingerprint density at radius 3 is 2.65 bits per heavy atom. The third kappa shape index (κ3) is 1.85. The summed E-state index contributed by atoms with van der Waals surface area (Å²) in [6.45, 7) is 1.94. The summed E-state index contributed by atoms with van der Waals surface area (Å²) in [5.41, 5.74) is 3.61. The molecule has 0 aliphatic carbocycles. The molecular formula is C14H15N5O. The van der Waals surface area contributed by atoms with Gasteiger partial charge in [0.05, 0.1) is 11.0 Å². The van der Waals surface area contributed by atoms with Crippen LogP contribution in [0.25, 0.3) is 11.0 Å². The highest BCUT2D eigenvalue weighted by Crippen LogP contribution is 2.21. The van der Waals surface area contributed by atoms with E-state index in [1.54, 1.807) is 29.4 Å². The number of rotatable bonds is 2. The molecule has 0 saturated carbocycles. The molecular weight excluding hydrogens is 254 g/mol. The lowest BCUT2D eigenvalue weighted by atomic mass is 10.2. The van der Waals surface area contributed by atoms with Crippen LogP contribution in [0.1, 0.15) is 5.56 Å². The van der Waals surface area contributed by atoms with Gasteiger partial charge in [0, 0.05) is 31.5 Å². The molecule has 1 N–H and O–H groups in total. The van der Waals surface area contributed by atoms with Gasteiger partial charge in [0.1, 0.15) is 12.1 Å². The largest absolute Gasteiger partial charge is 0.340 e. The standard InChI is InChI=1S/C14H15N5O/c1-9-7-15-8-16-13(9)17-10-4-5-11-12(6-10)19(3)14(20)18(11)2/h4-8H,1-3H3,(H,15,16,17). The second kappa shape index (κ2) is 4.48. The van der Waals surface area contributed by atoms with Crippen LogP contribution < -0.4 is 11.0 Å². The molecule has 0 radical (unpaired) electrons. The number of anilines is 2. The van der Waals surface area contributed by atoms with Crippen molar-refractivity contribution in [1.29, 1.82) is 0 Å². The van der Waals surface area contributed by atoms with Crippen LogP contribution in [-0.4, -0.2) is 19.1 Å². The summed E-state index contributed by atoms with van der Waals surface area (Å²) in [6, 6.07) is 5.80. The molecule has 6 heteroatoms. The van der Waals surface area contributed by atoms with Crippen LogP contribution in [0.3, 0.4) is 0 Å². The molecule has 3 aromatic rings. The highest BCUT2D eigenvalue weighted by molar-refractivity contribution is 5.81. The van der Waals surface area contributed by atoms with Crippen LogP contribution in [0.5, 0.6) is 0 Å². The summed E-state index contributed by atoms with van der Waals surface area (Å²) in [7, 11) is 3.54. The summed E-state index contributed by atoms with van der Waals surface area (Å²) in [5, 5.41) is 3.24. The SMILES string of the molecule is Cc1cncnc1Nc1ccc2c(c1)n(C)c(=O)n2C. The molecule has 1 aromatic carbocycles. The van der Waals surface area contributed by atoms with Crippen LogP contribution in [0, 0.1) is 6.92 Å². The molecule has 0 bridgehead atoms. The fourth-order valence-corrected chi connectivity index (χ4v) is 2.25. The third-order valence-corrected chi connectivity index (χ3v) is 3.43. The van der Waals surface area contributed by atoms with Gasteiger partial charge in [-0.15, -0.1) is 0 Å². The van der Waals surface area contributed by atoms with Crippen molar-refractivity contribution >= 4 is 22.5 Å². The molecule has 102 valence electrons. The van der Waals surface area contributed by atoms with Gasteiger partial charge >= 0.3 is 5.69 Å². The Bertz CT molecular complexity index is 846. The van der Waals surface area contributed by atoms with Gasteiger partial charge in [-0.25, -0.2) is 14.8 Å². The molecule has 2 heterocycles. The van der Waals surface area contributed by atoms with E-state index in [1.165, 1.54) is 6.33 Å². The van der Waals surface area contributed by atoms with Gasteiger partial charge in [-0.1, -0.05) is 0 Å². The van der Waals surface area contributed by atoms with Crippen molar-refractivity contribution in [3.8, 4) is 0 Å². The van der Waals surface area contributed by atoms with E-state index in [1.807, 2.05) is 25.1 Å². The molecule has 0 spiro atoms. The lowest BCUT2D eigenvalue weighted by Gasteiger charge is -2.08. The molecule has 3 rings (SSSR count). The quantitative estimate of drug-likeness (QED) is 0.769. The van der Waals surface area contributed by atoms with E-state index < -0.39 is 0 Å². The summed E-state index contributed by atoms with van der Waals surface area (Å²) in [6.07, 6.45) is 3.26. The van der Waals surface area contributed by atoms with Gasteiger partial charge in [-0.05, 0) is 25.1 Å². The Morgan fingerprint density at radius 2 is 1.90 bits per heavy atom. The molecule has 0 amide bonds. The molecule has 0 unspecified atom stereocenters. The number of imidazole rings is 1. The maximum absolute atomic E-state index is 11.9. The smallest absolute Gasteiger partial charge is 0.328 e. The molecule has 0 aliphatic rings. The Kier molecular flexibility index (Phi) is 2.78. The summed E-state index contributed by atoms with van der Waals surface area (Å²) < 4.78 is 3.27. The number of aryl methyl sites for hydroxylation is 3. The monoisotopic (exact) mass is 269 g/mol. The van der Waals surface area contributed by atoms with E-state index in [0.29, 0.717) is 0 Å². The number of hydrogen-bond donors (Lipinski definition) is 1. The molecule has 20 heavy (non-hydrogen) atoms. The van der Waals surface area contributed by atoms with Gasteiger partial charge in [-0.2, -0.15) is 0 Å². The number of aromatic nitrogens is 4. The predicted octanol–water partition coefficient (Wildman–Crippen LogP) is 1.72. The first-order valence-electron chi connectivity index (χ1n) is 6.27. The average molecular weight is 269 g/mol. The molecule has 0 aliphatic heterocycles. The van der Waals surface area contributed by atoms with Crippen molar-refractivity contribution < 1.29 is 0 Å². The van der Waals surface area contributed by atoms with E-state index >= 15 is 0 Å². The Balaban J connectivity index is 2.08. The topological polar surface area (TPSA) is 64.7 Å². The maximum atomic E-state index is 11.9. The third-order valence-electron chi connectivity index (χ3n) is 3.43. The first kappa shape index (κ1) is 12.4. The van der Waals surface area contributed by atoms with E-state index in [2.05, 4.69) is 15.3 Å². The second-order valence-electron chi connectivity index (χ2n) is 4.78. The van der Waals surface area contributed by atoms with Gasteiger partial charge in [-0.3, -0.25) is 9.13 Å². The van der Waals surface area contributed by atoms with Gasteiger partial charge in [0.2, 0.25) is 0 Å². The predicted molar refractivity (Wildman–Crippen MR) is 78.2 cm³/mol. The van der Waals surface area contributed by atoms with Gasteiger partial charge in [0.15, 0.2) is 0 Å². The fraction of sp³-hybridized carbons (Fsp3) is 0.214. The van der Waals surface area contributed by atoms with Crippen LogP contribution in [0.2, 0.25) is 0 Å². The first-order valence-corrected chi connectivity index (χ1v) is 6.27. The zero-order valence-electron chi connectivity index (χ0n) is 11.6. The van der Waals surface area contributed by atoms with Crippen molar-refractivity contribution in [2.45, 2.75) is 6.92 Å². The van der Waals surface area contributed by atoms with Crippen LogP contribution >= 0.6 is 0 Å². The van der Waals surface area contributed by atoms with Crippen LogP contribution in [0.15, 0.2) is 35.5 Å². The summed E-state index contributed by atoms with van der Waals surface area (Å²) in [5.74, 6) is 0.764. The molecule has 0 atom stereocenters. The van der Waals surface area contributed by atoms with Crippen molar-refractivity contribution in [2.24, 2.45) is 14.1 Å². The van der Waals surface area contributed by atoms with E-state index in [9.17, 15) is 4.79 Å². The van der Waals surface area contributed by atoms with Crippen LogP contribution in [0.4, 0.5) is 11.5 Å². The van der Waals surface area contributed by atoms with E-state index in [0.717, 1.165) is 28.1 Å². The second-order valence-corrected chi connectivity index (χ2v) is 4.78. The van der Waals surface area contributed by atoms with E-state index in [-0.39, 0.29) is 5.69 Å². The minimum absolute atomic E-state index is 0.0321. The van der Waals surface area contributed by atoms with Crippen molar-refractivity contribution in [3.63, 3.8) is 0 Å². The minimum atomic E-state index is -0.0321. The Labute approximate surface area is 115 Å². The highest BCUT2D eigenvalue weighted by atomic mass is 16.1. The average Bonchev–Trinajstić information content (AvgIpc) is 2.66. The van der Waals surface area contributed by atoms with Crippen molar-refractivity contribution in [1.82, 2.24) is 19.1 Å². The Morgan fingerprint density at radius 1 is 1.15 bits per heavy atom. The lowest BCUT2D eigenvalue weighted by Crippen LogP contribution is -2.19. The molecule has 0 saturated heterocycles. The first-order chi connectivity index (χ1) is 9.58. The fourth-order valence-electron chi connectivity index (χ4n) is 2.25. The lowest BCUT2D eigenvalue weighted by molar-refractivity contribution is 0.795. The van der Waals surface area contributed by atoms with Crippen molar-refractivity contribution in [2.75, 3.05) is 5.32 Å². The summed E-state index contributed by atoms with van der Waals surface area (Å²) in [4.78, 5) is 20.1. The maximum Gasteiger partial charge on any atom is 0.328 e. The number of nitrogens with zero attached hydrogens (tertiary/aromatic N) is 4. The van der Waals surface area contributed by atoms with E-state index in [4.69, 9.17) is 0 Å². The normalized spacial score (nSPS) is 10.9. The van der Waals surface area contributed by atoms with Gasteiger partial charge < -0.3 is 5.32 Å². The number of hydrogen-bond acceptors (Lipinski definition) is 4. The number of nitrogens with one attached hydrogen (secondary N) is 1. The number of fused-ring (bicyclic) bond motifs is 1. The molecule has 2 aromatic heterocycles. The zero-order valence-corrected chi connectivity index (χ0v) is 11.6. The Hall–Kier alpha value is -2.63.